The van der Waals surface area contributed by atoms with E-state index in [2.05, 4.69) is 31.1 Å². The minimum Gasteiger partial charge on any atom is -0.337 e. The Morgan fingerprint density at radius 2 is 1.85 bits per heavy atom. The van der Waals surface area contributed by atoms with Crippen LogP contribution < -0.4 is 0 Å². The largest absolute Gasteiger partial charge is 0.337 e. The van der Waals surface area contributed by atoms with Gasteiger partial charge in [-0.1, -0.05) is 12.1 Å². The first kappa shape index (κ1) is 18.2. The van der Waals surface area contributed by atoms with Crippen LogP contribution in [0.5, 0.6) is 0 Å². The molecule has 1 amide bonds. The van der Waals surface area contributed by atoms with Crippen LogP contribution in [0.15, 0.2) is 24.3 Å². The number of hydrogen-bond donors (Lipinski definition) is 0. The van der Waals surface area contributed by atoms with Gasteiger partial charge in [0.05, 0.1) is 23.2 Å². The third-order valence-electron chi connectivity index (χ3n) is 5.71. The molecule has 4 rings (SSSR count). The molecule has 1 atom stereocenters. The van der Waals surface area contributed by atoms with E-state index in [0.717, 1.165) is 42.8 Å². The predicted octanol–water partition coefficient (Wildman–Crippen LogP) is 2.76. The number of amides is 1. The fourth-order valence-corrected chi connectivity index (χ4v) is 5.64. The molecule has 1 unspecified atom stereocenters. The lowest BCUT2D eigenvalue weighted by Gasteiger charge is -2.14. The molecule has 144 valence electrons. The number of nitrogens with zero attached hydrogens (tertiary/aromatic N) is 3. The Morgan fingerprint density at radius 3 is 2.48 bits per heavy atom. The standard InChI is InChI=1S/C20H25N3O3S/c1-14-5-6-16(11-15(14)2)19-12-18(20(24)22-8-3-4-9-22)21-23(19)17-7-10-27(25,26)13-17/h5-6,11-12,17H,3-4,7-10,13H2,1-2H3. The first-order valence-corrected chi connectivity index (χ1v) is 11.3. The number of sulfone groups is 1. The molecule has 3 heterocycles. The van der Waals surface area contributed by atoms with Gasteiger partial charge in [-0.3, -0.25) is 9.48 Å². The van der Waals surface area contributed by atoms with Gasteiger partial charge in [0.25, 0.3) is 5.91 Å². The average Bonchev–Trinajstić information content (AvgIpc) is 3.35. The van der Waals surface area contributed by atoms with Crippen molar-refractivity contribution in [2.75, 3.05) is 24.6 Å². The van der Waals surface area contributed by atoms with Crippen molar-refractivity contribution in [3.05, 3.63) is 41.1 Å². The van der Waals surface area contributed by atoms with Gasteiger partial charge in [-0.25, -0.2) is 8.42 Å². The fourth-order valence-electron chi connectivity index (χ4n) is 3.94. The zero-order chi connectivity index (χ0) is 19.2. The molecule has 1 aromatic carbocycles. The molecule has 0 aliphatic carbocycles. The summed E-state index contributed by atoms with van der Waals surface area (Å²) in [7, 11) is -3.04. The first-order valence-electron chi connectivity index (χ1n) is 9.51. The lowest BCUT2D eigenvalue weighted by Crippen LogP contribution is -2.28. The second-order valence-electron chi connectivity index (χ2n) is 7.71. The van der Waals surface area contributed by atoms with Gasteiger partial charge in [-0.2, -0.15) is 5.10 Å². The normalized spacial score (nSPS) is 21.7. The highest BCUT2D eigenvalue weighted by Gasteiger charge is 2.33. The van der Waals surface area contributed by atoms with Crippen molar-refractivity contribution in [1.29, 1.82) is 0 Å². The van der Waals surface area contributed by atoms with E-state index in [4.69, 9.17) is 0 Å². The summed E-state index contributed by atoms with van der Waals surface area (Å²) in [6.45, 7) is 5.64. The third-order valence-corrected chi connectivity index (χ3v) is 7.46. The number of hydrogen-bond acceptors (Lipinski definition) is 4. The number of benzene rings is 1. The summed E-state index contributed by atoms with van der Waals surface area (Å²) in [6, 6.07) is 7.76. The summed E-state index contributed by atoms with van der Waals surface area (Å²) in [4.78, 5) is 14.7. The zero-order valence-electron chi connectivity index (χ0n) is 15.8. The van der Waals surface area contributed by atoms with Crippen LogP contribution in [0.3, 0.4) is 0 Å². The Balaban J connectivity index is 1.77. The van der Waals surface area contributed by atoms with Crippen LogP contribution in [0.4, 0.5) is 0 Å². The molecule has 0 bridgehead atoms. The molecule has 2 aromatic rings. The SMILES string of the molecule is Cc1ccc(-c2cc(C(=O)N3CCCC3)nn2C2CCS(=O)(=O)C2)cc1C. The van der Waals surface area contributed by atoms with Crippen molar-refractivity contribution < 1.29 is 13.2 Å². The summed E-state index contributed by atoms with van der Waals surface area (Å²) >= 11 is 0. The second-order valence-corrected chi connectivity index (χ2v) is 9.94. The number of carbonyl (C=O) groups is 1. The van der Waals surface area contributed by atoms with Crippen LogP contribution in [-0.4, -0.2) is 53.6 Å². The Labute approximate surface area is 160 Å². The molecule has 7 heteroatoms. The van der Waals surface area contributed by atoms with Crippen LogP contribution in [0.25, 0.3) is 11.3 Å². The van der Waals surface area contributed by atoms with Crippen molar-refractivity contribution in [1.82, 2.24) is 14.7 Å². The van der Waals surface area contributed by atoms with E-state index in [9.17, 15) is 13.2 Å². The maximum Gasteiger partial charge on any atom is 0.274 e. The fraction of sp³-hybridized carbons (Fsp3) is 0.500. The van der Waals surface area contributed by atoms with Gasteiger partial charge < -0.3 is 4.90 Å². The third kappa shape index (κ3) is 3.52. The molecule has 0 N–H and O–H groups in total. The van der Waals surface area contributed by atoms with Crippen molar-refractivity contribution in [2.45, 2.75) is 39.2 Å². The summed E-state index contributed by atoms with van der Waals surface area (Å²) in [6.07, 6.45) is 2.59. The Morgan fingerprint density at radius 1 is 1.11 bits per heavy atom. The van der Waals surface area contributed by atoms with Gasteiger partial charge in [0.2, 0.25) is 0 Å². The second kappa shape index (κ2) is 6.78. The van der Waals surface area contributed by atoms with Crippen LogP contribution >= 0.6 is 0 Å². The molecule has 2 aliphatic heterocycles. The number of aryl methyl sites for hydroxylation is 2. The lowest BCUT2D eigenvalue weighted by atomic mass is 10.0. The summed E-state index contributed by atoms with van der Waals surface area (Å²) in [5.41, 5.74) is 4.56. The molecule has 0 saturated carbocycles. The van der Waals surface area contributed by atoms with E-state index in [1.54, 1.807) is 4.68 Å². The van der Waals surface area contributed by atoms with Crippen LogP contribution in [0, 0.1) is 13.8 Å². The molecule has 0 radical (unpaired) electrons. The Hall–Kier alpha value is -2.15. The van der Waals surface area contributed by atoms with Gasteiger partial charge in [0, 0.05) is 18.7 Å². The van der Waals surface area contributed by atoms with Gasteiger partial charge in [-0.05, 0) is 56.4 Å². The quantitative estimate of drug-likeness (QED) is 0.812. The monoisotopic (exact) mass is 387 g/mol. The van der Waals surface area contributed by atoms with Gasteiger partial charge in [0.15, 0.2) is 15.5 Å². The highest BCUT2D eigenvalue weighted by Crippen LogP contribution is 2.31. The van der Waals surface area contributed by atoms with Gasteiger partial charge in [0.1, 0.15) is 0 Å². The van der Waals surface area contributed by atoms with Crippen molar-refractivity contribution in [2.24, 2.45) is 0 Å². The highest BCUT2D eigenvalue weighted by atomic mass is 32.2. The van der Waals surface area contributed by atoms with E-state index >= 15 is 0 Å². The summed E-state index contributed by atoms with van der Waals surface area (Å²) in [5, 5.41) is 4.59. The Bertz CT molecular complexity index is 988. The number of carbonyl (C=O) groups excluding carboxylic acids is 1. The maximum absolute atomic E-state index is 12.8. The molecular weight excluding hydrogens is 362 g/mol. The van der Waals surface area contributed by atoms with E-state index in [-0.39, 0.29) is 23.5 Å². The molecule has 1 aromatic heterocycles. The maximum atomic E-state index is 12.8. The first-order chi connectivity index (χ1) is 12.8. The summed E-state index contributed by atoms with van der Waals surface area (Å²) < 4.78 is 25.8. The van der Waals surface area contributed by atoms with E-state index in [1.165, 1.54) is 5.56 Å². The summed E-state index contributed by atoms with van der Waals surface area (Å²) in [5.74, 6) is 0.209. The van der Waals surface area contributed by atoms with Gasteiger partial charge in [-0.15, -0.1) is 0 Å². The minimum atomic E-state index is -3.04. The van der Waals surface area contributed by atoms with Crippen LogP contribution in [0.1, 0.15) is 46.9 Å². The Kier molecular flexibility index (Phi) is 4.58. The van der Waals surface area contributed by atoms with Crippen molar-refractivity contribution in [3.8, 4) is 11.3 Å². The zero-order valence-corrected chi connectivity index (χ0v) is 16.6. The van der Waals surface area contributed by atoms with Crippen LogP contribution in [0.2, 0.25) is 0 Å². The molecule has 6 nitrogen and oxygen atoms in total. The van der Waals surface area contributed by atoms with Crippen molar-refractivity contribution in [3.63, 3.8) is 0 Å². The van der Waals surface area contributed by atoms with E-state index in [0.29, 0.717) is 12.1 Å². The molecular formula is C20H25N3O3S. The molecule has 27 heavy (non-hydrogen) atoms. The topological polar surface area (TPSA) is 72.3 Å². The number of aromatic nitrogens is 2. The molecule has 0 spiro atoms. The minimum absolute atomic E-state index is 0.0582. The smallest absolute Gasteiger partial charge is 0.274 e. The highest BCUT2D eigenvalue weighted by molar-refractivity contribution is 7.91. The number of likely N-dealkylation sites (tertiary alicyclic amines) is 1. The van der Waals surface area contributed by atoms with Crippen LogP contribution in [-0.2, 0) is 9.84 Å². The lowest BCUT2D eigenvalue weighted by molar-refractivity contribution is 0.0786. The van der Waals surface area contributed by atoms with E-state index < -0.39 is 9.84 Å². The molecule has 2 saturated heterocycles. The van der Waals surface area contributed by atoms with Gasteiger partial charge >= 0.3 is 0 Å². The molecule has 2 fully saturated rings. The van der Waals surface area contributed by atoms with Crippen molar-refractivity contribution >= 4 is 15.7 Å². The predicted molar refractivity (Wildman–Crippen MR) is 105 cm³/mol. The number of rotatable bonds is 3. The van der Waals surface area contributed by atoms with E-state index in [1.807, 2.05) is 17.0 Å². The average molecular weight is 388 g/mol. The molecule has 2 aliphatic rings.